The highest BCUT2D eigenvalue weighted by Gasteiger charge is 2.50. The number of carbonyl (C=O) groups excluding carboxylic acids is 1. The molecule has 2 fully saturated rings. The summed E-state index contributed by atoms with van der Waals surface area (Å²) in [6, 6.07) is 23.0. The number of hydrogen-bond donors (Lipinski definition) is 1. The Hall–Kier alpha value is -3.19. The molecule has 0 spiro atoms. The van der Waals surface area contributed by atoms with Gasteiger partial charge in [0.2, 0.25) is 0 Å². The molecular formula is C26H26N2O8S. The van der Waals surface area contributed by atoms with Gasteiger partial charge in [0, 0.05) is 11.1 Å². The third-order valence-corrected chi connectivity index (χ3v) is 6.55. The number of fused-ring (bicyclic) bond motifs is 1. The van der Waals surface area contributed by atoms with Crippen LogP contribution in [0.4, 0.5) is 0 Å². The molecule has 10 nitrogen and oxygen atoms in total. The van der Waals surface area contributed by atoms with Crippen molar-refractivity contribution in [3.8, 4) is 0 Å². The van der Waals surface area contributed by atoms with Crippen LogP contribution in [0.25, 0.3) is 0 Å². The van der Waals surface area contributed by atoms with Crippen LogP contribution in [-0.2, 0) is 33.2 Å². The molecule has 0 bridgehead atoms. The molecule has 11 heteroatoms. The molecule has 2 aromatic carbocycles. The second kappa shape index (κ2) is 10.7. The summed E-state index contributed by atoms with van der Waals surface area (Å²) in [6.07, 6.45) is -4.37. The topological polar surface area (TPSA) is 136 Å². The molecule has 37 heavy (non-hydrogen) atoms. The molecule has 3 aromatic rings. The van der Waals surface area contributed by atoms with Crippen LogP contribution in [0.5, 0.6) is 0 Å². The SMILES string of the molecule is CS(=O)(=O)O[C@@H](c1cccc(C(N)=O)n1)[C@@H]1O[C@H](c2ccccc2)O[C@@H]2CO[C@@H](c3ccccc3)O[C@@H]12. The molecule has 0 aliphatic carbocycles. The fourth-order valence-corrected chi connectivity index (χ4v) is 4.95. The van der Waals surface area contributed by atoms with Crippen molar-refractivity contribution in [1.29, 1.82) is 0 Å². The minimum atomic E-state index is -4.00. The molecule has 3 heterocycles. The molecular weight excluding hydrogens is 500 g/mol. The van der Waals surface area contributed by atoms with E-state index in [4.69, 9.17) is 28.9 Å². The summed E-state index contributed by atoms with van der Waals surface area (Å²) in [4.78, 5) is 16.1. The lowest BCUT2D eigenvalue weighted by Crippen LogP contribution is -2.56. The quantitative estimate of drug-likeness (QED) is 0.461. The second-order valence-corrected chi connectivity index (χ2v) is 10.3. The predicted molar refractivity (Wildman–Crippen MR) is 130 cm³/mol. The number of primary amides is 1. The van der Waals surface area contributed by atoms with Gasteiger partial charge in [-0.3, -0.25) is 8.98 Å². The summed E-state index contributed by atoms with van der Waals surface area (Å²) >= 11 is 0. The first-order valence-corrected chi connectivity index (χ1v) is 13.4. The lowest BCUT2D eigenvalue weighted by Gasteiger charge is -2.47. The number of aromatic nitrogens is 1. The van der Waals surface area contributed by atoms with Gasteiger partial charge in [-0.25, -0.2) is 4.98 Å². The highest BCUT2D eigenvalue weighted by molar-refractivity contribution is 7.86. The molecule has 0 saturated carbocycles. The largest absolute Gasteiger partial charge is 0.364 e. The zero-order valence-electron chi connectivity index (χ0n) is 19.9. The molecule has 2 N–H and O–H groups in total. The van der Waals surface area contributed by atoms with Crippen LogP contribution in [0, 0.1) is 0 Å². The van der Waals surface area contributed by atoms with E-state index in [1.54, 1.807) is 12.1 Å². The molecule has 0 radical (unpaired) electrons. The number of carbonyl (C=O) groups is 1. The Morgan fingerprint density at radius 3 is 2.19 bits per heavy atom. The van der Waals surface area contributed by atoms with E-state index in [9.17, 15) is 13.2 Å². The Bertz CT molecular complexity index is 1340. The molecule has 6 atom stereocenters. The van der Waals surface area contributed by atoms with E-state index >= 15 is 0 Å². The maximum Gasteiger partial charge on any atom is 0.267 e. The average Bonchev–Trinajstić information content (AvgIpc) is 2.91. The Balaban J connectivity index is 1.56. The van der Waals surface area contributed by atoms with Gasteiger partial charge in [0.05, 0.1) is 18.6 Å². The minimum Gasteiger partial charge on any atom is -0.364 e. The van der Waals surface area contributed by atoms with Gasteiger partial charge in [-0.1, -0.05) is 66.7 Å². The van der Waals surface area contributed by atoms with E-state index in [-0.39, 0.29) is 18.0 Å². The van der Waals surface area contributed by atoms with E-state index in [0.29, 0.717) is 5.56 Å². The first-order valence-electron chi connectivity index (χ1n) is 11.6. The zero-order valence-corrected chi connectivity index (χ0v) is 20.7. The van der Waals surface area contributed by atoms with Crippen molar-refractivity contribution >= 4 is 16.0 Å². The van der Waals surface area contributed by atoms with Gasteiger partial charge in [0.25, 0.3) is 16.0 Å². The number of rotatable bonds is 7. The molecule has 2 aliphatic heterocycles. The van der Waals surface area contributed by atoms with Gasteiger partial charge in [0.15, 0.2) is 12.6 Å². The van der Waals surface area contributed by atoms with Crippen LogP contribution in [0.2, 0.25) is 0 Å². The average molecular weight is 527 g/mol. The highest BCUT2D eigenvalue weighted by atomic mass is 32.2. The molecule has 1 amide bonds. The van der Waals surface area contributed by atoms with Crippen molar-refractivity contribution < 1.29 is 36.3 Å². The first-order chi connectivity index (χ1) is 17.8. The molecule has 2 aliphatic rings. The van der Waals surface area contributed by atoms with Gasteiger partial charge in [-0.05, 0) is 12.1 Å². The zero-order chi connectivity index (χ0) is 26.0. The maximum atomic E-state index is 12.4. The van der Waals surface area contributed by atoms with Crippen LogP contribution in [0.3, 0.4) is 0 Å². The monoisotopic (exact) mass is 526 g/mol. The van der Waals surface area contributed by atoms with Crippen LogP contribution < -0.4 is 5.73 Å². The Morgan fingerprint density at radius 1 is 0.919 bits per heavy atom. The van der Waals surface area contributed by atoms with Gasteiger partial charge in [0.1, 0.15) is 30.1 Å². The van der Waals surface area contributed by atoms with Crippen molar-refractivity contribution in [3.05, 3.63) is 101 Å². The van der Waals surface area contributed by atoms with E-state index in [2.05, 4.69) is 4.98 Å². The smallest absolute Gasteiger partial charge is 0.267 e. The molecule has 5 rings (SSSR count). The van der Waals surface area contributed by atoms with Gasteiger partial charge in [-0.2, -0.15) is 8.42 Å². The van der Waals surface area contributed by atoms with Crippen molar-refractivity contribution in [1.82, 2.24) is 4.98 Å². The minimum absolute atomic E-state index is 0.0436. The van der Waals surface area contributed by atoms with Gasteiger partial charge < -0.3 is 24.7 Å². The first kappa shape index (κ1) is 25.5. The van der Waals surface area contributed by atoms with Crippen LogP contribution in [0.1, 0.15) is 46.0 Å². The van der Waals surface area contributed by atoms with Crippen molar-refractivity contribution in [2.75, 3.05) is 12.9 Å². The summed E-state index contributed by atoms with van der Waals surface area (Å²) in [5.74, 6) is -0.764. The summed E-state index contributed by atoms with van der Waals surface area (Å²) in [7, 11) is -4.00. The third kappa shape index (κ3) is 5.87. The fraction of sp³-hybridized carbons (Fsp3) is 0.308. The van der Waals surface area contributed by atoms with Crippen LogP contribution in [0.15, 0.2) is 78.9 Å². The van der Waals surface area contributed by atoms with Crippen LogP contribution >= 0.6 is 0 Å². The number of nitrogens with two attached hydrogens (primary N) is 1. The summed E-state index contributed by atoms with van der Waals surface area (Å²) in [6.45, 7) is 0.160. The number of benzene rings is 2. The standard InChI is InChI=1S/C26H26N2O8S/c1-37(30,31)36-21(18-13-8-14-19(28-18)24(27)29)23-22-20(33-26(35-23)17-11-6-3-7-12-17)15-32-25(34-22)16-9-4-2-5-10-16/h2-14,20-23,25-26H,15H2,1H3,(H2,27,29)/t20-,21+,22-,23+,25-,26-/m1/s1. The highest BCUT2D eigenvalue weighted by Crippen LogP contribution is 2.42. The third-order valence-electron chi connectivity index (χ3n) is 6.00. The molecule has 2 saturated heterocycles. The molecule has 194 valence electrons. The molecule has 1 aromatic heterocycles. The van der Waals surface area contributed by atoms with E-state index < -0.39 is 53.0 Å². The van der Waals surface area contributed by atoms with E-state index in [0.717, 1.165) is 11.8 Å². The second-order valence-electron chi connectivity index (χ2n) is 8.73. The Kier molecular flexibility index (Phi) is 7.33. The Morgan fingerprint density at radius 2 is 1.57 bits per heavy atom. The number of amides is 1. The fourth-order valence-electron chi connectivity index (χ4n) is 4.37. The number of pyridine rings is 1. The van der Waals surface area contributed by atoms with Crippen molar-refractivity contribution in [2.24, 2.45) is 5.73 Å². The van der Waals surface area contributed by atoms with E-state index in [1.165, 1.54) is 6.07 Å². The number of ether oxygens (including phenoxy) is 4. The van der Waals surface area contributed by atoms with Crippen molar-refractivity contribution in [3.63, 3.8) is 0 Å². The van der Waals surface area contributed by atoms with Gasteiger partial charge in [-0.15, -0.1) is 0 Å². The van der Waals surface area contributed by atoms with Crippen LogP contribution in [-0.4, -0.2) is 50.5 Å². The predicted octanol–water partition coefficient (Wildman–Crippen LogP) is 2.79. The summed E-state index contributed by atoms with van der Waals surface area (Å²) in [5.41, 5.74) is 7.02. The summed E-state index contributed by atoms with van der Waals surface area (Å²) < 4.78 is 55.1. The summed E-state index contributed by atoms with van der Waals surface area (Å²) in [5, 5.41) is 0. The lowest BCUT2D eigenvalue weighted by atomic mass is 9.97. The van der Waals surface area contributed by atoms with Gasteiger partial charge >= 0.3 is 0 Å². The number of nitrogens with zero attached hydrogens (tertiary/aromatic N) is 1. The normalized spacial score (nSPS) is 26.7. The van der Waals surface area contributed by atoms with E-state index in [1.807, 2.05) is 60.7 Å². The maximum absolute atomic E-state index is 12.4. The van der Waals surface area contributed by atoms with Crippen molar-refractivity contribution in [2.45, 2.75) is 37.0 Å². The number of hydrogen-bond acceptors (Lipinski definition) is 9. The molecule has 0 unspecified atom stereocenters. The Labute approximate surface area is 214 Å². The lowest BCUT2D eigenvalue weighted by molar-refractivity contribution is -0.372.